The average Bonchev–Trinajstić information content (AvgIpc) is 1.59. The molecule has 3 heteroatoms. The second kappa shape index (κ2) is 4.01. The van der Waals surface area contributed by atoms with Crippen LogP contribution >= 0.6 is 0 Å². The Bertz CT molecular complexity index is 121. The second-order valence-corrected chi connectivity index (χ2v) is 12.0. The van der Waals surface area contributed by atoms with Gasteiger partial charge in [-0.3, -0.25) is 0 Å². The molecule has 0 aliphatic heterocycles. The third kappa shape index (κ3) is 4.85. The van der Waals surface area contributed by atoms with Crippen LogP contribution in [0.4, 0.5) is 0 Å². The van der Waals surface area contributed by atoms with Crippen LogP contribution < -0.4 is 0 Å². The van der Waals surface area contributed by atoms with Crippen molar-refractivity contribution in [1.82, 2.24) is 0 Å². The molecule has 0 rings (SSSR count). The van der Waals surface area contributed by atoms with E-state index in [0.29, 0.717) is 0 Å². The third-order valence-corrected chi connectivity index (χ3v) is 6.61. The summed E-state index contributed by atoms with van der Waals surface area (Å²) in [4.78, 5) is 10.6. The SMILES string of the molecule is CC[CH2][Ge]([CH3])([CH3])[O]C(C)=O. The molecule has 0 unspecified atom stereocenters. The Balaban J connectivity index is 3.74. The average molecular weight is 205 g/mol. The summed E-state index contributed by atoms with van der Waals surface area (Å²) in [6.45, 7) is 3.61. The predicted octanol–water partition coefficient (Wildman–Crippen LogP) is 2.16. The zero-order valence-corrected chi connectivity index (χ0v) is 9.33. The zero-order chi connectivity index (χ0) is 8.20. The number of rotatable bonds is 3. The molecule has 0 aliphatic carbocycles. The fourth-order valence-electron chi connectivity index (χ4n) is 1.04. The van der Waals surface area contributed by atoms with Crippen molar-refractivity contribution < 1.29 is 8.56 Å². The summed E-state index contributed by atoms with van der Waals surface area (Å²) in [6.07, 6.45) is 1.13. The van der Waals surface area contributed by atoms with Crippen LogP contribution in [0.5, 0.6) is 0 Å². The van der Waals surface area contributed by atoms with Gasteiger partial charge in [-0.1, -0.05) is 0 Å². The van der Waals surface area contributed by atoms with E-state index in [-0.39, 0.29) is 5.97 Å². The molecule has 0 spiro atoms. The van der Waals surface area contributed by atoms with Crippen LogP contribution in [-0.4, -0.2) is 19.6 Å². The minimum absolute atomic E-state index is 0.113. The molecule has 0 aromatic rings. The van der Waals surface area contributed by atoms with Crippen molar-refractivity contribution in [3.8, 4) is 0 Å². The number of hydrogen-bond donors (Lipinski definition) is 0. The van der Waals surface area contributed by atoms with Crippen LogP contribution in [0.3, 0.4) is 0 Å². The van der Waals surface area contributed by atoms with Crippen LogP contribution in [-0.2, 0) is 8.56 Å². The van der Waals surface area contributed by atoms with Crippen molar-refractivity contribution in [2.45, 2.75) is 37.0 Å². The Kier molecular flexibility index (Phi) is 4.02. The molecular formula is C7H16GeO2. The van der Waals surface area contributed by atoms with E-state index in [1.807, 2.05) is 0 Å². The fraction of sp³-hybridized carbons (Fsp3) is 0.857. The van der Waals surface area contributed by atoms with Gasteiger partial charge < -0.3 is 0 Å². The maximum absolute atomic E-state index is 10.6. The zero-order valence-electron chi connectivity index (χ0n) is 7.23. The summed E-state index contributed by atoms with van der Waals surface area (Å²) in [7, 11) is 0. The van der Waals surface area contributed by atoms with E-state index in [1.165, 1.54) is 6.92 Å². The molecule has 0 atom stereocenters. The Labute approximate surface area is 65.7 Å². The van der Waals surface area contributed by atoms with Gasteiger partial charge in [-0.05, 0) is 0 Å². The van der Waals surface area contributed by atoms with Crippen molar-refractivity contribution in [3.05, 3.63) is 0 Å². The quantitative estimate of drug-likeness (QED) is 0.659. The summed E-state index contributed by atoms with van der Waals surface area (Å²) < 4.78 is 5.23. The van der Waals surface area contributed by atoms with E-state index in [0.717, 1.165) is 11.7 Å². The van der Waals surface area contributed by atoms with Crippen LogP contribution in [0.15, 0.2) is 0 Å². The summed E-state index contributed by atoms with van der Waals surface area (Å²) in [6, 6.07) is 0. The van der Waals surface area contributed by atoms with Gasteiger partial charge >= 0.3 is 65.2 Å². The van der Waals surface area contributed by atoms with Crippen molar-refractivity contribution in [2.24, 2.45) is 0 Å². The van der Waals surface area contributed by atoms with E-state index >= 15 is 0 Å². The van der Waals surface area contributed by atoms with Crippen molar-refractivity contribution in [3.63, 3.8) is 0 Å². The molecule has 2 nitrogen and oxygen atoms in total. The third-order valence-electron chi connectivity index (χ3n) is 1.27. The number of carbonyl (C=O) groups excluding carboxylic acids is 1. The molecule has 0 saturated carbocycles. The monoisotopic (exact) mass is 206 g/mol. The van der Waals surface area contributed by atoms with Crippen LogP contribution in [0.1, 0.15) is 20.3 Å². The molecule has 0 aromatic carbocycles. The van der Waals surface area contributed by atoms with Gasteiger partial charge in [-0.2, -0.15) is 0 Å². The Morgan fingerprint density at radius 2 is 2.00 bits per heavy atom. The van der Waals surface area contributed by atoms with E-state index in [1.54, 1.807) is 0 Å². The van der Waals surface area contributed by atoms with E-state index < -0.39 is 13.6 Å². The van der Waals surface area contributed by atoms with E-state index in [9.17, 15) is 4.79 Å². The Morgan fingerprint density at radius 3 is 2.30 bits per heavy atom. The van der Waals surface area contributed by atoms with Crippen LogP contribution in [0, 0.1) is 0 Å². The maximum atomic E-state index is 10.6. The topological polar surface area (TPSA) is 26.3 Å². The fourth-order valence-corrected chi connectivity index (χ4v) is 5.42. The molecular weight excluding hydrogens is 189 g/mol. The van der Waals surface area contributed by atoms with Gasteiger partial charge in [-0.15, -0.1) is 0 Å². The summed E-state index contributed by atoms with van der Waals surface area (Å²) >= 11 is -2.08. The molecule has 60 valence electrons. The van der Waals surface area contributed by atoms with Gasteiger partial charge in [0.05, 0.1) is 0 Å². The van der Waals surface area contributed by atoms with Crippen molar-refractivity contribution in [1.29, 1.82) is 0 Å². The molecule has 0 heterocycles. The molecule has 10 heavy (non-hydrogen) atoms. The first kappa shape index (κ1) is 10.0. The van der Waals surface area contributed by atoms with Gasteiger partial charge in [0.15, 0.2) is 0 Å². The molecule has 0 saturated heterocycles. The molecule has 0 amide bonds. The molecule has 0 aliphatic rings. The molecule has 0 aromatic heterocycles. The van der Waals surface area contributed by atoms with Gasteiger partial charge in [0, 0.05) is 0 Å². The van der Waals surface area contributed by atoms with E-state index in [4.69, 9.17) is 3.76 Å². The Morgan fingerprint density at radius 1 is 1.50 bits per heavy atom. The standard InChI is InChI=1S/C7H16GeO2/c1-5-6-8(3,4)10-7(2)9/h5-6H2,1-4H3. The number of hydrogen-bond acceptors (Lipinski definition) is 2. The van der Waals surface area contributed by atoms with Gasteiger partial charge in [0.2, 0.25) is 0 Å². The predicted molar refractivity (Wildman–Crippen MR) is 44.3 cm³/mol. The molecule has 0 fully saturated rings. The molecule has 0 radical (unpaired) electrons. The minimum atomic E-state index is -2.08. The van der Waals surface area contributed by atoms with Gasteiger partial charge in [0.1, 0.15) is 0 Å². The normalized spacial score (nSPS) is 11.2. The first-order valence-corrected chi connectivity index (χ1v) is 10.2. The summed E-state index contributed by atoms with van der Waals surface area (Å²) in [5.41, 5.74) is 0. The van der Waals surface area contributed by atoms with E-state index in [2.05, 4.69) is 18.4 Å². The van der Waals surface area contributed by atoms with Crippen molar-refractivity contribution in [2.75, 3.05) is 0 Å². The molecule has 0 bridgehead atoms. The summed E-state index contributed by atoms with van der Waals surface area (Å²) in [5.74, 6) is 4.12. The molecule has 0 N–H and O–H groups in total. The van der Waals surface area contributed by atoms with Gasteiger partial charge in [0.25, 0.3) is 0 Å². The Hall–Kier alpha value is 0.0129. The van der Waals surface area contributed by atoms with Crippen LogP contribution in [0.25, 0.3) is 0 Å². The van der Waals surface area contributed by atoms with Crippen molar-refractivity contribution >= 4 is 19.6 Å². The summed E-state index contributed by atoms with van der Waals surface area (Å²) in [5, 5.41) is 1.11. The second-order valence-electron chi connectivity index (χ2n) is 3.10. The van der Waals surface area contributed by atoms with Crippen LogP contribution in [0.2, 0.25) is 16.8 Å². The van der Waals surface area contributed by atoms with Gasteiger partial charge in [-0.25, -0.2) is 0 Å². The first-order chi connectivity index (χ1) is 4.48. The first-order valence-electron chi connectivity index (χ1n) is 3.67. The number of carbonyl (C=O) groups is 1.